The van der Waals surface area contributed by atoms with Crippen molar-refractivity contribution in [1.82, 2.24) is 10.3 Å². The van der Waals surface area contributed by atoms with Crippen molar-refractivity contribution in [3.05, 3.63) is 5.69 Å². The zero-order valence-electron chi connectivity index (χ0n) is 4.58. The zero-order chi connectivity index (χ0) is 7.56. The lowest BCUT2D eigenvalue weighted by atomic mass is 10.5. The molecular formula is C3H2ClIN4O. The molecule has 0 atom stereocenters. The van der Waals surface area contributed by atoms with Gasteiger partial charge in [-0.05, 0) is 10.3 Å². The van der Waals surface area contributed by atoms with E-state index in [0.717, 1.165) is 0 Å². The van der Waals surface area contributed by atoms with Crippen LogP contribution >= 0.6 is 34.5 Å². The van der Waals surface area contributed by atoms with Crippen LogP contribution in [0.25, 0.3) is 0 Å². The summed E-state index contributed by atoms with van der Waals surface area (Å²) in [6.07, 6.45) is 0. The van der Waals surface area contributed by atoms with Crippen molar-refractivity contribution in [3.8, 4) is 0 Å². The molecule has 0 spiro atoms. The van der Waals surface area contributed by atoms with Crippen molar-refractivity contribution < 1.29 is 4.63 Å². The molecule has 7 heteroatoms. The fraction of sp³-hybridized carbons (Fsp3) is 0. The smallest absolute Gasteiger partial charge is 0.199 e. The predicted molar refractivity (Wildman–Crippen MR) is 45.1 cm³/mol. The van der Waals surface area contributed by atoms with Gasteiger partial charge in [-0.3, -0.25) is 0 Å². The molecule has 0 radical (unpaired) electrons. The molecule has 0 aliphatic heterocycles. The maximum absolute atomic E-state index is 5.54. The summed E-state index contributed by atoms with van der Waals surface area (Å²) in [4.78, 5) is 0. The third-order valence-electron chi connectivity index (χ3n) is 0.784. The average Bonchev–Trinajstić information content (AvgIpc) is 2.34. The Hall–Kier alpha value is -0.370. The summed E-state index contributed by atoms with van der Waals surface area (Å²) in [7, 11) is 0. The maximum atomic E-state index is 5.54. The van der Waals surface area contributed by atoms with Crippen molar-refractivity contribution in [1.29, 1.82) is 0 Å². The summed E-state index contributed by atoms with van der Waals surface area (Å²) < 4.78 is 7.88. The molecule has 1 aromatic heterocycles. The van der Waals surface area contributed by atoms with Crippen LogP contribution in [-0.2, 0) is 0 Å². The van der Waals surface area contributed by atoms with E-state index in [1.54, 1.807) is 22.9 Å². The quantitative estimate of drug-likeness (QED) is 0.611. The lowest BCUT2D eigenvalue weighted by Crippen LogP contribution is -1.96. The third-order valence-corrected chi connectivity index (χ3v) is 1.81. The molecule has 2 N–H and O–H groups in total. The highest BCUT2D eigenvalue weighted by atomic mass is 127. The molecule has 1 heterocycles. The van der Waals surface area contributed by atoms with Crippen LogP contribution in [0.4, 0.5) is 5.82 Å². The molecule has 5 nitrogen and oxygen atoms in total. The first kappa shape index (κ1) is 7.73. The van der Waals surface area contributed by atoms with E-state index in [9.17, 15) is 0 Å². The van der Waals surface area contributed by atoms with E-state index >= 15 is 0 Å². The molecule has 0 aliphatic rings. The van der Waals surface area contributed by atoms with Gasteiger partial charge in [-0.1, -0.05) is 11.6 Å². The summed E-state index contributed by atoms with van der Waals surface area (Å²) in [6, 6.07) is 0. The molecule has 0 unspecified atom stereocenters. The first-order valence-corrected chi connectivity index (χ1v) is 3.53. The Bertz CT molecular complexity index is 259. The lowest BCUT2D eigenvalue weighted by molar-refractivity contribution is 0.308. The Kier molecular flexibility index (Phi) is 2.44. The first-order valence-electron chi connectivity index (χ1n) is 2.18. The second-order valence-corrected chi connectivity index (χ2v) is 2.21. The van der Waals surface area contributed by atoms with E-state index < -0.39 is 0 Å². The van der Waals surface area contributed by atoms with Crippen LogP contribution < -0.4 is 5.73 Å². The van der Waals surface area contributed by atoms with Crippen molar-refractivity contribution >= 4 is 45.5 Å². The zero-order valence-corrected chi connectivity index (χ0v) is 7.50. The van der Waals surface area contributed by atoms with Crippen LogP contribution in [0.1, 0.15) is 5.69 Å². The van der Waals surface area contributed by atoms with Crippen LogP contribution in [0.15, 0.2) is 7.83 Å². The predicted octanol–water partition coefficient (Wildman–Crippen LogP) is 0.987. The van der Waals surface area contributed by atoms with E-state index in [-0.39, 0.29) is 16.7 Å². The monoisotopic (exact) mass is 272 g/mol. The highest BCUT2D eigenvalue weighted by Crippen LogP contribution is 2.09. The van der Waals surface area contributed by atoms with Gasteiger partial charge in [0.25, 0.3) is 0 Å². The largest absolute Gasteiger partial charge is 0.379 e. The van der Waals surface area contributed by atoms with Crippen molar-refractivity contribution in [2.75, 3.05) is 5.73 Å². The number of rotatable bonds is 1. The summed E-state index contributed by atoms with van der Waals surface area (Å²) in [5, 5.41) is 6.90. The van der Waals surface area contributed by atoms with Gasteiger partial charge in [0.1, 0.15) is 0 Å². The second kappa shape index (κ2) is 3.15. The van der Waals surface area contributed by atoms with Crippen LogP contribution in [0.2, 0.25) is 0 Å². The highest BCUT2D eigenvalue weighted by Gasteiger charge is 2.10. The van der Waals surface area contributed by atoms with E-state index in [2.05, 4.69) is 18.1 Å². The standard InChI is InChI=1S/C3H2ClIN4O/c4-2(7-5)1-3(6)9-10-8-1/h(H2,6,9). The van der Waals surface area contributed by atoms with Crippen LogP contribution in [-0.4, -0.2) is 15.5 Å². The molecule has 0 saturated carbocycles. The molecular weight excluding hydrogens is 270 g/mol. The third kappa shape index (κ3) is 1.37. The molecule has 10 heavy (non-hydrogen) atoms. The normalized spacial score (nSPS) is 12.0. The van der Waals surface area contributed by atoms with Gasteiger partial charge in [0.2, 0.25) is 0 Å². The minimum Gasteiger partial charge on any atom is -0.379 e. The number of nitrogens with zero attached hydrogens (tertiary/aromatic N) is 3. The van der Waals surface area contributed by atoms with Gasteiger partial charge in [0.15, 0.2) is 16.7 Å². The topological polar surface area (TPSA) is 77.3 Å². The van der Waals surface area contributed by atoms with Gasteiger partial charge in [0, 0.05) is 0 Å². The second-order valence-electron chi connectivity index (χ2n) is 1.37. The molecule has 0 fully saturated rings. The van der Waals surface area contributed by atoms with E-state index in [1.165, 1.54) is 0 Å². The first-order chi connectivity index (χ1) is 4.75. The summed E-state index contributed by atoms with van der Waals surface area (Å²) in [6.45, 7) is 0. The number of anilines is 1. The van der Waals surface area contributed by atoms with Crippen LogP contribution in [0.5, 0.6) is 0 Å². The maximum Gasteiger partial charge on any atom is 0.199 e. The van der Waals surface area contributed by atoms with Gasteiger partial charge in [-0.2, -0.15) is 0 Å². The molecule has 0 amide bonds. The Morgan fingerprint density at radius 1 is 1.70 bits per heavy atom. The lowest BCUT2D eigenvalue weighted by Gasteiger charge is -1.84. The average molecular weight is 272 g/mol. The summed E-state index contributed by atoms with van der Waals surface area (Å²) in [5.74, 6) is 0.144. The Balaban J connectivity index is 3.05. The van der Waals surface area contributed by atoms with Gasteiger partial charge in [-0.25, -0.2) is 7.83 Å². The van der Waals surface area contributed by atoms with Crippen molar-refractivity contribution in [3.63, 3.8) is 0 Å². The van der Waals surface area contributed by atoms with Crippen molar-refractivity contribution in [2.24, 2.45) is 3.21 Å². The highest BCUT2D eigenvalue weighted by molar-refractivity contribution is 14.1. The van der Waals surface area contributed by atoms with Crippen LogP contribution in [0, 0.1) is 0 Å². The fourth-order valence-corrected chi connectivity index (χ4v) is 0.738. The molecule has 1 aromatic rings. The van der Waals surface area contributed by atoms with Crippen molar-refractivity contribution in [2.45, 2.75) is 0 Å². The number of hydrogen-bond donors (Lipinski definition) is 1. The van der Waals surface area contributed by atoms with E-state index in [0.29, 0.717) is 0 Å². The Morgan fingerprint density at radius 2 is 2.40 bits per heavy atom. The Labute approximate surface area is 75.1 Å². The molecule has 0 saturated heterocycles. The number of nitrogen functional groups attached to an aromatic ring is 1. The SMILES string of the molecule is Nc1nonc1C(Cl)=NI. The minimum absolute atomic E-state index is 0.144. The van der Waals surface area contributed by atoms with Gasteiger partial charge >= 0.3 is 0 Å². The van der Waals surface area contributed by atoms with Gasteiger partial charge in [-0.15, -0.1) is 0 Å². The van der Waals surface area contributed by atoms with E-state index in [1.807, 2.05) is 0 Å². The molecule has 0 aromatic carbocycles. The number of nitrogens with two attached hydrogens (primary N) is 1. The fourth-order valence-electron chi connectivity index (χ4n) is 0.379. The Morgan fingerprint density at radius 3 is 2.80 bits per heavy atom. The number of hydrogen-bond acceptors (Lipinski definition) is 5. The molecule has 1 rings (SSSR count). The van der Waals surface area contributed by atoms with Gasteiger partial charge < -0.3 is 5.73 Å². The molecule has 0 bridgehead atoms. The molecule has 54 valence electrons. The van der Waals surface area contributed by atoms with Gasteiger partial charge in [0.05, 0.1) is 22.9 Å². The number of aromatic nitrogens is 2. The summed E-state index contributed by atoms with van der Waals surface area (Å²) in [5.41, 5.74) is 5.56. The summed E-state index contributed by atoms with van der Waals surface area (Å²) >= 11 is 7.26. The number of halogens is 2. The van der Waals surface area contributed by atoms with Crippen LogP contribution in [0.3, 0.4) is 0 Å². The minimum atomic E-state index is 0.144. The molecule has 0 aliphatic carbocycles. The van der Waals surface area contributed by atoms with E-state index in [4.69, 9.17) is 17.3 Å².